The van der Waals surface area contributed by atoms with Crippen LogP contribution < -0.4 is 0 Å². The van der Waals surface area contributed by atoms with Gasteiger partial charge in [-0.25, -0.2) is 0 Å². The second-order valence-corrected chi connectivity index (χ2v) is 7.01. The van der Waals surface area contributed by atoms with E-state index in [-0.39, 0.29) is 18.3 Å². The maximum absolute atomic E-state index is 10.2. The Kier molecular flexibility index (Phi) is 7.24. The zero-order chi connectivity index (χ0) is 17.5. The molecule has 1 saturated heterocycles. The molecule has 1 aliphatic rings. The highest BCUT2D eigenvalue weighted by molar-refractivity contribution is 14.1. The molecule has 0 aliphatic carbocycles. The molecule has 25 heavy (non-hydrogen) atoms. The average molecular weight is 454 g/mol. The minimum absolute atomic E-state index is 0.0960. The highest BCUT2D eigenvalue weighted by Crippen LogP contribution is 2.26. The summed E-state index contributed by atoms with van der Waals surface area (Å²) in [6, 6.07) is 20.0. The van der Waals surface area contributed by atoms with Gasteiger partial charge in [-0.05, 0) is 11.1 Å². The van der Waals surface area contributed by atoms with E-state index in [2.05, 4.69) is 22.6 Å². The van der Waals surface area contributed by atoms with Crippen molar-refractivity contribution < 1.29 is 19.3 Å². The summed E-state index contributed by atoms with van der Waals surface area (Å²) >= 11 is 2.27. The maximum atomic E-state index is 10.2. The number of aliphatic hydroxyl groups excluding tert-OH is 1. The van der Waals surface area contributed by atoms with Crippen LogP contribution in [0.2, 0.25) is 0 Å². The molecule has 0 radical (unpaired) electrons. The normalized spacial score (nSPS) is 26.5. The Labute approximate surface area is 162 Å². The fraction of sp³-hybridized carbons (Fsp3) is 0.400. The summed E-state index contributed by atoms with van der Waals surface area (Å²) in [5.41, 5.74) is 2.20. The van der Waals surface area contributed by atoms with Gasteiger partial charge in [0.1, 0.15) is 6.10 Å². The van der Waals surface area contributed by atoms with Crippen molar-refractivity contribution >= 4 is 22.6 Å². The van der Waals surface area contributed by atoms with Crippen LogP contribution >= 0.6 is 22.6 Å². The summed E-state index contributed by atoms with van der Waals surface area (Å²) in [6.45, 7) is 0.982. The second-order valence-electron chi connectivity index (χ2n) is 6.13. The third kappa shape index (κ3) is 5.49. The highest BCUT2D eigenvalue weighted by Gasteiger charge is 2.38. The van der Waals surface area contributed by atoms with Crippen molar-refractivity contribution in [1.82, 2.24) is 0 Å². The molecule has 1 N–H and O–H groups in total. The minimum atomic E-state index is -0.917. The van der Waals surface area contributed by atoms with Crippen molar-refractivity contribution in [3.05, 3.63) is 71.8 Å². The quantitative estimate of drug-likeness (QED) is 0.512. The maximum Gasteiger partial charge on any atom is 0.181 e. The van der Waals surface area contributed by atoms with Gasteiger partial charge in [0, 0.05) is 10.8 Å². The van der Waals surface area contributed by atoms with E-state index in [1.54, 1.807) is 0 Å². The van der Waals surface area contributed by atoms with Crippen LogP contribution in [0.25, 0.3) is 0 Å². The molecule has 1 aliphatic heterocycles. The number of halogens is 1. The summed E-state index contributed by atoms with van der Waals surface area (Å²) in [7, 11) is 0. The summed E-state index contributed by atoms with van der Waals surface area (Å²) in [4.78, 5) is 0. The zero-order valence-electron chi connectivity index (χ0n) is 14.0. The number of benzene rings is 2. The molecule has 0 amide bonds. The second kappa shape index (κ2) is 9.64. The van der Waals surface area contributed by atoms with E-state index in [0.29, 0.717) is 19.6 Å². The van der Waals surface area contributed by atoms with Crippen LogP contribution in [-0.4, -0.2) is 34.1 Å². The first-order chi connectivity index (χ1) is 12.3. The Balaban J connectivity index is 1.57. The molecule has 4 atom stereocenters. The molecule has 3 rings (SSSR count). The van der Waals surface area contributed by atoms with E-state index in [1.165, 1.54) is 0 Å². The number of alkyl halides is 1. The van der Waals surface area contributed by atoms with Gasteiger partial charge in [-0.1, -0.05) is 83.3 Å². The zero-order valence-corrected chi connectivity index (χ0v) is 16.1. The van der Waals surface area contributed by atoms with Crippen LogP contribution in [0.1, 0.15) is 17.5 Å². The standard InChI is InChI=1S/C20H23IO4/c21-12-19-17(23-13-15-7-3-1-4-8-15)11-18(20(22)25-19)24-14-16-9-5-2-6-10-16/h1-10,17-20,22H,11-14H2/t17-,18+,19+,20-/m0/s1. The Hall–Kier alpha value is -0.990. The van der Waals surface area contributed by atoms with Gasteiger partial charge in [-0.3, -0.25) is 0 Å². The van der Waals surface area contributed by atoms with Gasteiger partial charge in [0.25, 0.3) is 0 Å². The molecule has 0 spiro atoms. The molecule has 5 heteroatoms. The van der Waals surface area contributed by atoms with Crippen molar-refractivity contribution in [2.45, 2.75) is 44.2 Å². The molecular weight excluding hydrogens is 431 g/mol. The topological polar surface area (TPSA) is 47.9 Å². The third-order valence-electron chi connectivity index (χ3n) is 4.28. The predicted octanol–water partition coefficient (Wildman–Crippen LogP) is 3.70. The van der Waals surface area contributed by atoms with Gasteiger partial charge >= 0.3 is 0 Å². The third-order valence-corrected chi connectivity index (χ3v) is 5.15. The van der Waals surface area contributed by atoms with E-state index in [1.807, 2.05) is 60.7 Å². The lowest BCUT2D eigenvalue weighted by Gasteiger charge is -2.38. The van der Waals surface area contributed by atoms with Gasteiger partial charge in [0.05, 0.1) is 25.4 Å². The smallest absolute Gasteiger partial charge is 0.181 e. The average Bonchev–Trinajstić information content (AvgIpc) is 2.67. The fourth-order valence-corrected chi connectivity index (χ4v) is 3.64. The van der Waals surface area contributed by atoms with Crippen LogP contribution in [0.15, 0.2) is 60.7 Å². The molecule has 1 fully saturated rings. The summed E-state index contributed by atoms with van der Waals surface area (Å²) in [5.74, 6) is 0. The summed E-state index contributed by atoms with van der Waals surface area (Å²) < 4.78 is 18.5. The molecule has 0 aromatic heterocycles. The molecule has 2 aromatic rings. The Morgan fingerprint density at radius 2 is 1.40 bits per heavy atom. The van der Waals surface area contributed by atoms with Crippen LogP contribution in [-0.2, 0) is 27.4 Å². The SMILES string of the molecule is O[C@H]1O[C@H](CI)[C@@H](OCc2ccccc2)C[C@H]1OCc1ccccc1. The van der Waals surface area contributed by atoms with Gasteiger partial charge < -0.3 is 19.3 Å². The Morgan fingerprint density at radius 3 is 1.92 bits per heavy atom. The highest BCUT2D eigenvalue weighted by atomic mass is 127. The van der Waals surface area contributed by atoms with Crippen molar-refractivity contribution in [3.8, 4) is 0 Å². The van der Waals surface area contributed by atoms with Gasteiger partial charge in [-0.15, -0.1) is 0 Å². The Bertz CT molecular complexity index is 622. The number of hydrogen-bond donors (Lipinski definition) is 1. The molecule has 0 saturated carbocycles. The van der Waals surface area contributed by atoms with Crippen LogP contribution in [0, 0.1) is 0 Å². The molecular formula is C20H23IO4. The molecule has 4 nitrogen and oxygen atoms in total. The predicted molar refractivity (Wildman–Crippen MR) is 104 cm³/mol. The molecule has 1 heterocycles. The van der Waals surface area contributed by atoms with E-state index >= 15 is 0 Å². The first kappa shape index (κ1) is 18.8. The number of aliphatic hydroxyl groups is 1. The van der Waals surface area contributed by atoms with Crippen LogP contribution in [0.4, 0.5) is 0 Å². The van der Waals surface area contributed by atoms with E-state index in [4.69, 9.17) is 14.2 Å². The lowest BCUT2D eigenvalue weighted by atomic mass is 10.0. The van der Waals surface area contributed by atoms with E-state index in [0.717, 1.165) is 15.6 Å². The van der Waals surface area contributed by atoms with Crippen molar-refractivity contribution in [3.63, 3.8) is 0 Å². The fourth-order valence-electron chi connectivity index (χ4n) is 2.87. The number of ether oxygens (including phenoxy) is 3. The monoisotopic (exact) mass is 454 g/mol. The molecule has 134 valence electrons. The van der Waals surface area contributed by atoms with Crippen LogP contribution in [0.5, 0.6) is 0 Å². The van der Waals surface area contributed by atoms with Crippen molar-refractivity contribution in [2.24, 2.45) is 0 Å². The minimum Gasteiger partial charge on any atom is -0.371 e. The lowest BCUT2D eigenvalue weighted by molar-refractivity contribution is -0.260. The molecule has 0 bridgehead atoms. The molecule has 0 unspecified atom stereocenters. The first-order valence-corrected chi connectivity index (χ1v) is 9.99. The van der Waals surface area contributed by atoms with E-state index in [9.17, 15) is 5.11 Å². The number of rotatable bonds is 7. The number of hydrogen-bond acceptors (Lipinski definition) is 4. The van der Waals surface area contributed by atoms with Crippen LogP contribution in [0.3, 0.4) is 0 Å². The molecule has 2 aromatic carbocycles. The largest absolute Gasteiger partial charge is 0.371 e. The van der Waals surface area contributed by atoms with Gasteiger partial charge in [-0.2, -0.15) is 0 Å². The van der Waals surface area contributed by atoms with E-state index < -0.39 is 6.29 Å². The van der Waals surface area contributed by atoms with Gasteiger partial charge in [0.15, 0.2) is 6.29 Å². The Morgan fingerprint density at radius 1 is 0.880 bits per heavy atom. The van der Waals surface area contributed by atoms with Crippen molar-refractivity contribution in [2.75, 3.05) is 4.43 Å². The van der Waals surface area contributed by atoms with Gasteiger partial charge in [0.2, 0.25) is 0 Å². The lowest BCUT2D eigenvalue weighted by Crippen LogP contribution is -2.49. The summed E-state index contributed by atoms with van der Waals surface area (Å²) in [5, 5.41) is 10.2. The summed E-state index contributed by atoms with van der Waals surface area (Å²) in [6.07, 6.45) is -0.911. The van der Waals surface area contributed by atoms with Crippen molar-refractivity contribution in [1.29, 1.82) is 0 Å². The first-order valence-electron chi connectivity index (χ1n) is 8.47.